The third kappa shape index (κ3) is 2.33. The maximum atomic E-state index is 10.6. The van der Waals surface area contributed by atoms with Gasteiger partial charge in [-0.15, -0.1) is 0 Å². The number of rotatable bonds is 0. The number of aromatic hydroxyl groups is 1. The van der Waals surface area contributed by atoms with Crippen molar-refractivity contribution in [2.24, 2.45) is 0 Å². The van der Waals surface area contributed by atoms with Gasteiger partial charge in [0.05, 0.1) is 0 Å². The van der Waals surface area contributed by atoms with E-state index in [0.29, 0.717) is 0 Å². The topological polar surface area (TPSA) is 92.0 Å². The first-order valence-electron chi connectivity index (χ1n) is 2.37. The van der Waals surface area contributed by atoms with Crippen LogP contribution in [-0.2, 0) is 12.6 Å². The number of nitrogens with zero attached hydrogens (tertiary/aromatic N) is 1. The quantitative estimate of drug-likeness (QED) is 0.215. The number of hydrogen-bond acceptors (Lipinski definition) is 5. The first-order chi connectivity index (χ1) is 4.61. The molecule has 0 aliphatic rings. The molecule has 0 spiro atoms. The molecule has 0 aliphatic carbocycles. The van der Waals surface area contributed by atoms with E-state index >= 15 is 0 Å². The first-order valence-corrected chi connectivity index (χ1v) is 2.78. The SMILES string of the molecule is Nc1c(O)nc([S-])[nH]c1=O.[Na+]. The maximum Gasteiger partial charge on any atom is 1.00 e. The first kappa shape index (κ1) is 10.7. The number of anilines is 1. The Morgan fingerprint density at radius 1 is 1.64 bits per heavy atom. The van der Waals surface area contributed by atoms with Gasteiger partial charge < -0.3 is 28.5 Å². The largest absolute Gasteiger partial charge is 1.00 e. The zero-order valence-electron chi connectivity index (χ0n) is 5.79. The minimum absolute atomic E-state index is 0. The molecule has 7 heteroatoms. The van der Waals surface area contributed by atoms with Crippen LogP contribution in [-0.4, -0.2) is 15.1 Å². The zero-order valence-corrected chi connectivity index (χ0v) is 8.60. The summed E-state index contributed by atoms with van der Waals surface area (Å²) in [4.78, 5) is 16.1. The minimum atomic E-state index is -0.613. The summed E-state index contributed by atoms with van der Waals surface area (Å²) in [6, 6.07) is 0. The van der Waals surface area contributed by atoms with E-state index in [0.717, 1.165) is 0 Å². The van der Waals surface area contributed by atoms with Gasteiger partial charge in [0.25, 0.3) is 5.56 Å². The van der Waals surface area contributed by atoms with Crippen molar-refractivity contribution in [3.8, 4) is 5.88 Å². The fourth-order valence-corrected chi connectivity index (χ4v) is 0.630. The van der Waals surface area contributed by atoms with E-state index in [4.69, 9.17) is 10.8 Å². The molecule has 0 aliphatic heterocycles. The van der Waals surface area contributed by atoms with Crippen molar-refractivity contribution in [1.29, 1.82) is 0 Å². The molecule has 54 valence electrons. The molecule has 1 heterocycles. The van der Waals surface area contributed by atoms with Gasteiger partial charge >= 0.3 is 29.6 Å². The summed E-state index contributed by atoms with van der Waals surface area (Å²) in [6.45, 7) is 0. The number of aromatic nitrogens is 2. The fraction of sp³-hybridized carbons (Fsp3) is 0. The minimum Gasteiger partial charge on any atom is -0.742 e. The zero-order chi connectivity index (χ0) is 7.72. The Hall–Kier alpha value is -0.300. The van der Waals surface area contributed by atoms with Crippen LogP contribution in [0.3, 0.4) is 0 Å². The summed E-state index contributed by atoms with van der Waals surface area (Å²) in [7, 11) is 0. The van der Waals surface area contributed by atoms with Crippen LogP contribution in [0, 0.1) is 0 Å². The third-order valence-corrected chi connectivity index (χ3v) is 1.11. The van der Waals surface area contributed by atoms with E-state index < -0.39 is 11.4 Å². The summed E-state index contributed by atoms with van der Waals surface area (Å²) in [5, 5.41) is 8.69. The Morgan fingerprint density at radius 3 is 2.64 bits per heavy atom. The summed E-state index contributed by atoms with van der Waals surface area (Å²) in [5.74, 6) is -0.520. The van der Waals surface area contributed by atoms with Crippen LogP contribution in [0.25, 0.3) is 0 Å². The number of nitrogen functional groups attached to an aromatic ring is 1. The fourth-order valence-electron chi connectivity index (χ4n) is 0.450. The molecule has 5 nitrogen and oxygen atoms in total. The molecule has 0 aromatic carbocycles. The van der Waals surface area contributed by atoms with Crippen LogP contribution >= 0.6 is 0 Å². The summed E-state index contributed by atoms with van der Waals surface area (Å²) >= 11 is 4.46. The van der Waals surface area contributed by atoms with E-state index in [-0.39, 0.29) is 40.4 Å². The molecule has 0 unspecified atom stereocenters. The average molecular weight is 181 g/mol. The van der Waals surface area contributed by atoms with Gasteiger partial charge in [-0.25, -0.2) is 4.98 Å². The predicted molar refractivity (Wildman–Crippen MR) is 36.6 cm³/mol. The molecule has 0 atom stereocenters. The summed E-state index contributed by atoms with van der Waals surface area (Å²) in [6.07, 6.45) is 0. The molecule has 0 fully saturated rings. The number of nitrogens with one attached hydrogen (secondary N) is 1. The maximum absolute atomic E-state index is 10.6. The van der Waals surface area contributed by atoms with Crippen LogP contribution in [0.4, 0.5) is 5.69 Å². The molecule has 0 bridgehead atoms. The van der Waals surface area contributed by atoms with Crippen LogP contribution in [0.1, 0.15) is 0 Å². The second-order valence-electron chi connectivity index (χ2n) is 1.61. The van der Waals surface area contributed by atoms with Gasteiger partial charge in [0.2, 0.25) is 5.88 Å². The molecule has 0 saturated heterocycles. The Bertz CT molecular complexity index is 313. The van der Waals surface area contributed by atoms with Gasteiger partial charge in [-0.2, -0.15) is 0 Å². The van der Waals surface area contributed by atoms with Crippen LogP contribution in [0.15, 0.2) is 9.95 Å². The van der Waals surface area contributed by atoms with Crippen molar-refractivity contribution in [3.05, 3.63) is 10.4 Å². The van der Waals surface area contributed by atoms with Gasteiger partial charge in [-0.1, -0.05) is 0 Å². The van der Waals surface area contributed by atoms with E-state index in [1.165, 1.54) is 0 Å². The van der Waals surface area contributed by atoms with Crippen LogP contribution in [0.2, 0.25) is 0 Å². The van der Waals surface area contributed by atoms with Crippen LogP contribution < -0.4 is 40.9 Å². The number of H-pyrrole nitrogens is 1. The number of nitrogens with two attached hydrogens (primary N) is 1. The van der Waals surface area contributed by atoms with Gasteiger partial charge in [-0.3, -0.25) is 4.79 Å². The average Bonchev–Trinajstić information content (AvgIpc) is 1.82. The van der Waals surface area contributed by atoms with E-state index in [1.54, 1.807) is 0 Å². The standard InChI is InChI=1S/C4H5N3O2S.Na/c5-1-2(8)6-4(10)7-3(1)9;/h5H2,(H3,6,7,8,9,10);/q;+1/p-1. The molecule has 11 heavy (non-hydrogen) atoms. The molecule has 1 rings (SSSR count). The van der Waals surface area contributed by atoms with Crippen molar-refractivity contribution in [2.75, 3.05) is 5.73 Å². The Morgan fingerprint density at radius 2 is 2.18 bits per heavy atom. The second kappa shape index (κ2) is 3.91. The Kier molecular flexibility index (Phi) is 3.81. The van der Waals surface area contributed by atoms with Crippen LogP contribution in [0.5, 0.6) is 5.88 Å². The van der Waals surface area contributed by atoms with Crippen molar-refractivity contribution in [3.63, 3.8) is 0 Å². The molecule has 1 aromatic heterocycles. The molecule has 0 radical (unpaired) electrons. The van der Waals surface area contributed by atoms with Gasteiger partial charge in [0.15, 0.2) is 5.69 Å². The monoisotopic (exact) mass is 181 g/mol. The van der Waals surface area contributed by atoms with Gasteiger partial charge in [-0.05, 0) is 5.16 Å². The van der Waals surface area contributed by atoms with Gasteiger partial charge in [0, 0.05) is 0 Å². The van der Waals surface area contributed by atoms with Crippen molar-refractivity contribution < 1.29 is 34.7 Å². The number of aromatic amines is 1. The molecule has 0 saturated carbocycles. The van der Waals surface area contributed by atoms with Crippen molar-refractivity contribution in [1.82, 2.24) is 9.97 Å². The van der Waals surface area contributed by atoms with E-state index in [1.807, 2.05) is 0 Å². The third-order valence-electron chi connectivity index (χ3n) is 0.913. The number of hydrogen-bond donors (Lipinski definition) is 3. The van der Waals surface area contributed by atoms with Gasteiger partial charge in [0.1, 0.15) is 0 Å². The molecule has 4 N–H and O–H groups in total. The van der Waals surface area contributed by atoms with E-state index in [2.05, 4.69) is 22.6 Å². The second-order valence-corrected chi connectivity index (χ2v) is 2.00. The summed E-state index contributed by atoms with van der Waals surface area (Å²) in [5.41, 5.74) is 4.12. The van der Waals surface area contributed by atoms with E-state index in [9.17, 15) is 4.79 Å². The predicted octanol–water partition coefficient (Wildman–Crippen LogP) is -4.03. The molecular weight excluding hydrogens is 177 g/mol. The molecule has 1 aromatic rings. The summed E-state index contributed by atoms with van der Waals surface area (Å²) < 4.78 is 0. The Labute approximate surface area is 89.7 Å². The smallest absolute Gasteiger partial charge is 0.742 e. The molecular formula is C4H4N3NaO2S. The van der Waals surface area contributed by atoms with Crippen molar-refractivity contribution >= 4 is 18.3 Å². The van der Waals surface area contributed by atoms with Crippen molar-refractivity contribution in [2.45, 2.75) is 5.16 Å². The molecule has 0 amide bonds. The Balaban J connectivity index is 0.000001000. The normalized spacial score (nSPS) is 8.73.